The van der Waals surface area contributed by atoms with Gasteiger partial charge in [-0.15, -0.1) is 0 Å². The number of hydrogen-bond donors (Lipinski definition) is 2. The Morgan fingerprint density at radius 1 is 1.20 bits per heavy atom. The average molecular weight is 269 g/mol. The molecule has 4 heteroatoms. The number of hydrogen-bond acceptors (Lipinski definition) is 3. The third-order valence-corrected chi connectivity index (χ3v) is 3.38. The number of ether oxygens (including phenoxy) is 1. The summed E-state index contributed by atoms with van der Waals surface area (Å²) in [5.74, 6) is -0.0367. The number of fused-ring (bicyclic) bond motifs is 1. The molecule has 20 heavy (non-hydrogen) atoms. The smallest absolute Gasteiger partial charge is 0.330 e. The highest BCUT2D eigenvalue weighted by atomic mass is 16.5. The molecule has 3 rings (SSSR count). The molecule has 0 saturated carbocycles. The van der Waals surface area contributed by atoms with Crippen LogP contribution in [0.2, 0.25) is 0 Å². The van der Waals surface area contributed by atoms with E-state index in [1.54, 1.807) is 6.07 Å². The topological polar surface area (TPSA) is 58.6 Å². The van der Waals surface area contributed by atoms with Crippen molar-refractivity contribution in [3.05, 3.63) is 59.7 Å². The number of para-hydroxylation sites is 1. The van der Waals surface area contributed by atoms with Crippen molar-refractivity contribution >= 4 is 11.7 Å². The average Bonchev–Trinajstić information content (AvgIpc) is 2.93. The van der Waals surface area contributed by atoms with Crippen LogP contribution < -0.4 is 10.1 Å². The van der Waals surface area contributed by atoms with E-state index in [-0.39, 0.29) is 0 Å². The van der Waals surface area contributed by atoms with Crippen LogP contribution >= 0.6 is 0 Å². The third kappa shape index (κ3) is 2.45. The Morgan fingerprint density at radius 3 is 2.75 bits per heavy atom. The van der Waals surface area contributed by atoms with Crippen molar-refractivity contribution in [3.63, 3.8) is 0 Å². The highest BCUT2D eigenvalue weighted by Gasteiger charge is 2.22. The van der Waals surface area contributed by atoms with Gasteiger partial charge in [0.2, 0.25) is 0 Å². The van der Waals surface area contributed by atoms with Crippen molar-refractivity contribution in [2.45, 2.75) is 12.5 Å². The van der Waals surface area contributed by atoms with Gasteiger partial charge in [0, 0.05) is 12.1 Å². The van der Waals surface area contributed by atoms with Crippen LogP contribution in [0.25, 0.3) is 0 Å². The summed E-state index contributed by atoms with van der Waals surface area (Å²) in [6, 6.07) is 14.2. The first kappa shape index (κ1) is 12.5. The van der Waals surface area contributed by atoms with Gasteiger partial charge in [-0.25, -0.2) is 4.79 Å². The van der Waals surface area contributed by atoms with Gasteiger partial charge in [-0.3, -0.25) is 0 Å². The van der Waals surface area contributed by atoms with Crippen molar-refractivity contribution in [2.24, 2.45) is 0 Å². The van der Waals surface area contributed by atoms with Crippen molar-refractivity contribution in [3.8, 4) is 5.75 Å². The van der Waals surface area contributed by atoms with Gasteiger partial charge in [-0.05, 0) is 35.4 Å². The summed E-state index contributed by atoms with van der Waals surface area (Å²) >= 11 is 0. The second-order valence-corrected chi connectivity index (χ2v) is 4.75. The maximum Gasteiger partial charge on any atom is 0.330 e. The van der Waals surface area contributed by atoms with Crippen LogP contribution in [-0.2, 0) is 11.2 Å². The highest BCUT2D eigenvalue weighted by molar-refractivity contribution is 5.79. The molecule has 2 N–H and O–H groups in total. The van der Waals surface area contributed by atoms with E-state index in [1.165, 1.54) is 0 Å². The number of carbonyl (C=O) groups is 1. The Balaban J connectivity index is 1.89. The van der Waals surface area contributed by atoms with Crippen LogP contribution in [0, 0.1) is 0 Å². The van der Waals surface area contributed by atoms with E-state index < -0.39 is 12.0 Å². The van der Waals surface area contributed by atoms with E-state index in [1.807, 2.05) is 42.5 Å². The van der Waals surface area contributed by atoms with Crippen molar-refractivity contribution in [1.82, 2.24) is 0 Å². The molecule has 2 aromatic rings. The summed E-state index contributed by atoms with van der Waals surface area (Å²) < 4.78 is 5.44. The minimum absolute atomic E-state index is 0.669. The molecular weight excluding hydrogens is 254 g/mol. The third-order valence-electron chi connectivity index (χ3n) is 3.38. The summed E-state index contributed by atoms with van der Waals surface area (Å²) in [4.78, 5) is 11.5. The summed E-state index contributed by atoms with van der Waals surface area (Å²) in [6.45, 7) is 0.669. The molecule has 0 bridgehead atoms. The molecule has 1 heterocycles. The lowest BCUT2D eigenvalue weighted by Crippen LogP contribution is -2.20. The van der Waals surface area contributed by atoms with Gasteiger partial charge in [-0.2, -0.15) is 0 Å². The van der Waals surface area contributed by atoms with Crippen LogP contribution in [0.5, 0.6) is 5.75 Å². The molecule has 1 aliphatic heterocycles. The maximum atomic E-state index is 11.5. The van der Waals surface area contributed by atoms with Crippen molar-refractivity contribution < 1.29 is 14.6 Å². The number of anilines is 1. The summed E-state index contributed by atoms with van der Waals surface area (Å²) in [5.41, 5.74) is 2.60. The van der Waals surface area contributed by atoms with Crippen LogP contribution in [0.4, 0.5) is 5.69 Å². The zero-order valence-electron chi connectivity index (χ0n) is 10.9. The van der Waals surface area contributed by atoms with E-state index in [2.05, 4.69) is 5.32 Å². The fourth-order valence-electron chi connectivity index (χ4n) is 2.37. The van der Waals surface area contributed by atoms with Crippen molar-refractivity contribution in [1.29, 1.82) is 0 Å². The van der Waals surface area contributed by atoms with Gasteiger partial charge >= 0.3 is 5.97 Å². The number of aliphatic carboxylic acids is 1. The highest BCUT2D eigenvalue weighted by Crippen LogP contribution is 2.29. The second kappa shape index (κ2) is 5.25. The zero-order valence-corrected chi connectivity index (χ0v) is 10.9. The normalized spacial score (nSPS) is 14.2. The Hall–Kier alpha value is -2.49. The molecule has 4 nitrogen and oxygen atoms in total. The molecule has 0 amide bonds. The lowest BCUT2D eigenvalue weighted by molar-refractivity contribution is -0.138. The molecule has 2 aromatic carbocycles. The molecule has 0 saturated heterocycles. The molecule has 0 spiro atoms. The SMILES string of the molecule is O=C(O)C(Nc1ccccc1)c1ccc2c(c1)CCO2. The summed E-state index contributed by atoms with van der Waals surface area (Å²) in [6.07, 6.45) is 0.834. The summed E-state index contributed by atoms with van der Waals surface area (Å²) in [7, 11) is 0. The molecular formula is C16H15NO3. The Bertz CT molecular complexity index is 625. The predicted octanol–water partition coefficient (Wildman–Crippen LogP) is 2.86. The Labute approximate surface area is 117 Å². The maximum absolute atomic E-state index is 11.5. The predicted molar refractivity (Wildman–Crippen MR) is 76.1 cm³/mol. The molecule has 0 radical (unpaired) electrons. The van der Waals surface area contributed by atoms with Gasteiger partial charge in [0.05, 0.1) is 6.61 Å². The minimum atomic E-state index is -0.896. The second-order valence-electron chi connectivity index (χ2n) is 4.75. The Morgan fingerprint density at radius 2 is 2.00 bits per heavy atom. The van der Waals surface area contributed by atoms with Crippen LogP contribution in [0.1, 0.15) is 17.2 Å². The minimum Gasteiger partial charge on any atom is -0.493 e. The van der Waals surface area contributed by atoms with Crippen molar-refractivity contribution in [2.75, 3.05) is 11.9 Å². The number of carboxylic acids is 1. The van der Waals surface area contributed by atoms with Crippen LogP contribution in [0.3, 0.4) is 0 Å². The van der Waals surface area contributed by atoms with E-state index in [0.29, 0.717) is 6.61 Å². The molecule has 0 aromatic heterocycles. The number of benzene rings is 2. The monoisotopic (exact) mass is 269 g/mol. The van der Waals surface area contributed by atoms with Crippen LogP contribution in [-0.4, -0.2) is 17.7 Å². The van der Waals surface area contributed by atoms with Gasteiger partial charge in [0.15, 0.2) is 6.04 Å². The fraction of sp³-hybridized carbons (Fsp3) is 0.188. The lowest BCUT2D eigenvalue weighted by Gasteiger charge is -2.17. The molecule has 102 valence electrons. The molecule has 1 unspecified atom stereocenters. The standard InChI is InChI=1S/C16H15NO3/c18-16(19)15(17-13-4-2-1-3-5-13)12-6-7-14-11(10-12)8-9-20-14/h1-7,10,15,17H,8-9H2,(H,18,19). The molecule has 1 aliphatic rings. The van der Waals surface area contributed by atoms with E-state index in [0.717, 1.165) is 29.0 Å². The zero-order chi connectivity index (χ0) is 13.9. The van der Waals surface area contributed by atoms with Gasteiger partial charge in [-0.1, -0.05) is 24.3 Å². The quantitative estimate of drug-likeness (QED) is 0.896. The molecule has 0 fully saturated rings. The fourth-order valence-corrected chi connectivity index (χ4v) is 2.37. The Kier molecular flexibility index (Phi) is 3.29. The first-order valence-corrected chi connectivity index (χ1v) is 6.54. The van der Waals surface area contributed by atoms with Crippen LogP contribution in [0.15, 0.2) is 48.5 Å². The summed E-state index contributed by atoms with van der Waals surface area (Å²) in [5, 5.41) is 12.5. The van der Waals surface area contributed by atoms with Gasteiger partial charge in [0.25, 0.3) is 0 Å². The lowest BCUT2D eigenvalue weighted by atomic mass is 10.0. The number of rotatable bonds is 4. The largest absolute Gasteiger partial charge is 0.493 e. The van der Waals surface area contributed by atoms with E-state index in [9.17, 15) is 9.90 Å². The first-order chi connectivity index (χ1) is 9.74. The van der Waals surface area contributed by atoms with E-state index in [4.69, 9.17) is 4.74 Å². The van der Waals surface area contributed by atoms with Gasteiger partial charge in [0.1, 0.15) is 5.75 Å². The number of nitrogens with one attached hydrogen (secondary N) is 1. The number of carboxylic acid groups (broad SMARTS) is 1. The molecule has 1 atom stereocenters. The van der Waals surface area contributed by atoms with Gasteiger partial charge < -0.3 is 15.2 Å². The first-order valence-electron chi connectivity index (χ1n) is 6.54. The van der Waals surface area contributed by atoms with E-state index >= 15 is 0 Å². The molecule has 0 aliphatic carbocycles.